The van der Waals surface area contributed by atoms with Crippen LogP contribution in [-0.2, 0) is 31.0 Å². The highest BCUT2D eigenvalue weighted by molar-refractivity contribution is 5.81. The maximum atomic E-state index is 13.7. The molecule has 1 saturated heterocycles. The Bertz CT molecular complexity index is 1210. The van der Waals surface area contributed by atoms with Crippen LogP contribution in [0.1, 0.15) is 97.6 Å². The molecule has 1 unspecified atom stereocenters. The maximum absolute atomic E-state index is 13.7. The summed E-state index contributed by atoms with van der Waals surface area (Å²) in [5.41, 5.74) is 1.30. The lowest BCUT2D eigenvalue weighted by Crippen LogP contribution is -2.47. The third-order valence-corrected chi connectivity index (χ3v) is 9.00. The Labute approximate surface area is 257 Å². The second-order valence-corrected chi connectivity index (χ2v) is 14.1. The molecule has 7 nitrogen and oxygen atoms in total. The summed E-state index contributed by atoms with van der Waals surface area (Å²) in [5.74, 6) is 1.08. The molecule has 1 aliphatic carbocycles. The molecule has 1 heterocycles. The second kappa shape index (κ2) is 13.7. The van der Waals surface area contributed by atoms with Gasteiger partial charge < -0.3 is 24.2 Å². The number of amides is 1. The van der Waals surface area contributed by atoms with Gasteiger partial charge in [0, 0.05) is 30.5 Å². The van der Waals surface area contributed by atoms with Gasteiger partial charge in [-0.1, -0.05) is 45.0 Å². The van der Waals surface area contributed by atoms with Gasteiger partial charge in [-0.05, 0) is 101 Å². The van der Waals surface area contributed by atoms with E-state index < -0.39 is 5.41 Å². The van der Waals surface area contributed by atoms with Crippen molar-refractivity contribution < 1.29 is 28.9 Å². The van der Waals surface area contributed by atoms with Crippen molar-refractivity contribution in [3.8, 4) is 11.5 Å². The Kier molecular flexibility index (Phi) is 10.5. The van der Waals surface area contributed by atoms with E-state index >= 15 is 0 Å². The molecule has 2 aliphatic rings. The van der Waals surface area contributed by atoms with Crippen molar-refractivity contribution in [1.29, 1.82) is 0 Å². The Balaban J connectivity index is 1.44. The quantitative estimate of drug-likeness (QED) is 0.294. The Morgan fingerprint density at radius 2 is 1.65 bits per heavy atom. The Morgan fingerprint density at radius 1 is 1.00 bits per heavy atom. The van der Waals surface area contributed by atoms with E-state index in [0.717, 1.165) is 56.3 Å². The van der Waals surface area contributed by atoms with Crippen LogP contribution in [0.4, 0.5) is 0 Å². The van der Waals surface area contributed by atoms with Crippen molar-refractivity contribution in [3.63, 3.8) is 0 Å². The van der Waals surface area contributed by atoms with Gasteiger partial charge in [-0.25, -0.2) is 0 Å². The zero-order chi connectivity index (χ0) is 31.3. The average Bonchev–Trinajstić information content (AvgIpc) is 2.95. The fourth-order valence-electron chi connectivity index (χ4n) is 6.73. The summed E-state index contributed by atoms with van der Waals surface area (Å²) < 4.78 is 17.5. The molecule has 236 valence electrons. The van der Waals surface area contributed by atoms with Crippen LogP contribution < -0.4 is 4.74 Å². The van der Waals surface area contributed by atoms with Crippen molar-refractivity contribution in [1.82, 2.24) is 4.90 Å². The standard InChI is InChI=1S/C36H51NO6/c1-7-41-32(39)27-10-18-31(19-11-27)43-30-16-8-26(9-17-30)24-37(33(40)34(2,3)4)22-20-36(21-23-42-35(5,6)25-36)28-12-14-29(38)15-13-28/h8-9,12-17,27,31,38H,7,10-11,18-25H2,1-6H3. The number of carbonyl (C=O) groups excluding carboxylic acids is 2. The largest absolute Gasteiger partial charge is 0.508 e. The van der Waals surface area contributed by atoms with Crippen LogP contribution in [0.5, 0.6) is 11.5 Å². The van der Waals surface area contributed by atoms with Gasteiger partial charge in [-0.3, -0.25) is 9.59 Å². The molecule has 1 saturated carbocycles. The smallest absolute Gasteiger partial charge is 0.308 e. The number of rotatable bonds is 10. The number of aromatic hydroxyl groups is 1. The molecule has 1 N–H and O–H groups in total. The van der Waals surface area contributed by atoms with Gasteiger partial charge in [0.25, 0.3) is 0 Å². The number of ether oxygens (including phenoxy) is 3. The monoisotopic (exact) mass is 593 g/mol. The van der Waals surface area contributed by atoms with Crippen molar-refractivity contribution in [2.75, 3.05) is 19.8 Å². The molecule has 43 heavy (non-hydrogen) atoms. The number of phenols is 1. The Morgan fingerprint density at radius 3 is 2.23 bits per heavy atom. The van der Waals surface area contributed by atoms with Crippen LogP contribution in [0.2, 0.25) is 0 Å². The molecule has 0 spiro atoms. The zero-order valence-electron chi connectivity index (χ0n) is 27.0. The highest BCUT2D eigenvalue weighted by Gasteiger charge is 2.42. The van der Waals surface area contributed by atoms with Crippen molar-refractivity contribution in [2.24, 2.45) is 11.3 Å². The van der Waals surface area contributed by atoms with Crippen LogP contribution >= 0.6 is 0 Å². The van der Waals surface area contributed by atoms with Crippen LogP contribution in [0.25, 0.3) is 0 Å². The van der Waals surface area contributed by atoms with Crippen LogP contribution in [-0.4, -0.2) is 53.3 Å². The summed E-state index contributed by atoms with van der Waals surface area (Å²) in [6.07, 6.45) is 5.87. The number of phenolic OH excluding ortho intramolecular Hbond substituents is 1. The van der Waals surface area contributed by atoms with Gasteiger partial charge in [0.2, 0.25) is 5.91 Å². The van der Waals surface area contributed by atoms with Crippen LogP contribution in [0.3, 0.4) is 0 Å². The first kappa shape index (κ1) is 32.8. The SMILES string of the molecule is CCOC(=O)C1CCC(Oc2ccc(CN(CCC3(c4ccc(O)cc4)CCOC(C)(C)C3)C(=O)C(C)(C)C)cc2)CC1. The molecule has 2 aromatic carbocycles. The first-order valence-corrected chi connectivity index (χ1v) is 16.0. The topological polar surface area (TPSA) is 85.3 Å². The fraction of sp³-hybridized carbons (Fsp3) is 0.611. The number of hydrogen-bond acceptors (Lipinski definition) is 6. The summed E-state index contributed by atoms with van der Waals surface area (Å²) in [6.45, 7) is 14.3. The third kappa shape index (κ3) is 8.75. The van der Waals surface area contributed by atoms with E-state index in [1.807, 2.05) is 56.9 Å². The summed E-state index contributed by atoms with van der Waals surface area (Å²) in [5, 5.41) is 9.94. The van der Waals surface area contributed by atoms with Gasteiger partial charge >= 0.3 is 5.97 Å². The summed E-state index contributed by atoms with van der Waals surface area (Å²) in [4.78, 5) is 27.8. The molecular formula is C36H51NO6. The predicted molar refractivity (Wildman–Crippen MR) is 168 cm³/mol. The lowest BCUT2D eigenvalue weighted by atomic mass is 9.67. The van der Waals surface area contributed by atoms with Crippen LogP contribution in [0, 0.1) is 11.3 Å². The molecule has 2 fully saturated rings. The molecule has 7 heteroatoms. The van der Waals surface area contributed by atoms with Gasteiger partial charge in [0.1, 0.15) is 11.5 Å². The minimum Gasteiger partial charge on any atom is -0.508 e. The van der Waals surface area contributed by atoms with E-state index in [1.165, 1.54) is 5.56 Å². The molecule has 1 amide bonds. The predicted octanol–water partition coefficient (Wildman–Crippen LogP) is 7.18. The number of benzene rings is 2. The Hall–Kier alpha value is -3.06. The average molecular weight is 594 g/mol. The van der Waals surface area contributed by atoms with Crippen molar-refractivity contribution in [2.45, 2.75) is 110 Å². The lowest BCUT2D eigenvalue weighted by molar-refractivity contribution is -0.149. The van der Waals surface area contributed by atoms with E-state index in [1.54, 1.807) is 12.1 Å². The molecule has 1 atom stereocenters. The minimum absolute atomic E-state index is 0.0195. The van der Waals surface area contributed by atoms with E-state index in [2.05, 4.69) is 26.0 Å². The number of hydrogen-bond donors (Lipinski definition) is 1. The fourth-order valence-corrected chi connectivity index (χ4v) is 6.73. The first-order chi connectivity index (χ1) is 20.3. The molecule has 2 aromatic rings. The molecule has 4 rings (SSSR count). The van der Waals surface area contributed by atoms with Gasteiger partial charge in [-0.2, -0.15) is 0 Å². The molecule has 1 aliphatic heterocycles. The number of carbonyl (C=O) groups is 2. The van der Waals surface area contributed by atoms with E-state index in [-0.39, 0.29) is 40.7 Å². The highest BCUT2D eigenvalue weighted by Crippen LogP contribution is 2.44. The normalized spacial score (nSPS) is 23.8. The summed E-state index contributed by atoms with van der Waals surface area (Å²) >= 11 is 0. The molecular weight excluding hydrogens is 542 g/mol. The minimum atomic E-state index is -0.508. The molecule has 0 bridgehead atoms. The van der Waals surface area contributed by atoms with E-state index in [0.29, 0.717) is 26.3 Å². The van der Waals surface area contributed by atoms with Gasteiger partial charge in [0.05, 0.1) is 24.2 Å². The molecule has 0 aromatic heterocycles. The maximum Gasteiger partial charge on any atom is 0.308 e. The lowest BCUT2D eigenvalue weighted by Gasteiger charge is -2.46. The van der Waals surface area contributed by atoms with Crippen molar-refractivity contribution in [3.05, 3.63) is 59.7 Å². The van der Waals surface area contributed by atoms with E-state index in [9.17, 15) is 14.7 Å². The number of nitrogens with zero attached hydrogens (tertiary/aromatic N) is 1. The number of esters is 1. The second-order valence-electron chi connectivity index (χ2n) is 14.1. The summed E-state index contributed by atoms with van der Waals surface area (Å²) in [6, 6.07) is 15.6. The molecule has 0 radical (unpaired) electrons. The third-order valence-electron chi connectivity index (χ3n) is 9.00. The summed E-state index contributed by atoms with van der Waals surface area (Å²) in [7, 11) is 0. The highest BCUT2D eigenvalue weighted by atomic mass is 16.5. The van der Waals surface area contributed by atoms with Crippen molar-refractivity contribution >= 4 is 11.9 Å². The van der Waals surface area contributed by atoms with E-state index in [4.69, 9.17) is 14.2 Å². The van der Waals surface area contributed by atoms with Gasteiger partial charge in [0.15, 0.2) is 0 Å². The zero-order valence-corrected chi connectivity index (χ0v) is 27.0. The van der Waals surface area contributed by atoms with Gasteiger partial charge in [-0.15, -0.1) is 0 Å². The first-order valence-electron chi connectivity index (χ1n) is 16.0. The van der Waals surface area contributed by atoms with Crippen LogP contribution in [0.15, 0.2) is 48.5 Å².